The predicted molar refractivity (Wildman–Crippen MR) is 80.6 cm³/mol. The van der Waals surface area contributed by atoms with Crippen molar-refractivity contribution in [3.05, 3.63) is 57.8 Å². The molecule has 0 saturated carbocycles. The molecule has 0 aliphatic rings. The summed E-state index contributed by atoms with van der Waals surface area (Å²) in [5.74, 6) is -0.657. The van der Waals surface area contributed by atoms with E-state index >= 15 is 0 Å². The molecule has 2 rings (SSSR count). The number of hydrogen-bond acceptors (Lipinski definition) is 4. The maximum absolute atomic E-state index is 13.6. The smallest absolute Gasteiger partial charge is 0.341 e. The zero-order valence-electron chi connectivity index (χ0n) is 11.2. The number of carbonyl (C=O) groups is 1. The summed E-state index contributed by atoms with van der Waals surface area (Å²) in [6.45, 7) is -0.0147. The van der Waals surface area contributed by atoms with Crippen LogP contribution in [0, 0.1) is 5.82 Å². The van der Waals surface area contributed by atoms with Crippen molar-refractivity contribution in [1.29, 1.82) is 0 Å². The summed E-state index contributed by atoms with van der Waals surface area (Å²) in [5, 5.41) is 0. The van der Waals surface area contributed by atoms with Gasteiger partial charge in [0.25, 0.3) is 0 Å². The number of anilines is 1. The Kier molecular flexibility index (Phi) is 4.80. The van der Waals surface area contributed by atoms with Crippen LogP contribution < -0.4 is 10.5 Å². The molecule has 4 nitrogen and oxygen atoms in total. The average Bonchev–Trinajstić information content (AvgIpc) is 2.48. The van der Waals surface area contributed by atoms with Crippen LogP contribution in [0.15, 0.2) is 40.9 Å². The summed E-state index contributed by atoms with van der Waals surface area (Å²) >= 11 is 3.27. The van der Waals surface area contributed by atoms with Crippen molar-refractivity contribution in [2.45, 2.75) is 6.61 Å². The molecule has 0 unspecified atom stereocenters. The average molecular weight is 354 g/mol. The van der Waals surface area contributed by atoms with Crippen LogP contribution >= 0.6 is 15.9 Å². The summed E-state index contributed by atoms with van der Waals surface area (Å²) in [6.07, 6.45) is 0. The highest BCUT2D eigenvalue weighted by Crippen LogP contribution is 2.24. The summed E-state index contributed by atoms with van der Waals surface area (Å²) in [5.41, 5.74) is 6.63. The maximum atomic E-state index is 13.6. The third-order valence-corrected chi connectivity index (χ3v) is 3.29. The molecule has 2 N–H and O–H groups in total. The highest BCUT2D eigenvalue weighted by atomic mass is 79.9. The Morgan fingerprint density at radius 1 is 1.29 bits per heavy atom. The normalized spacial score (nSPS) is 10.2. The highest BCUT2D eigenvalue weighted by molar-refractivity contribution is 9.10. The van der Waals surface area contributed by atoms with E-state index in [4.69, 9.17) is 10.5 Å². The van der Waals surface area contributed by atoms with E-state index < -0.39 is 5.97 Å². The van der Waals surface area contributed by atoms with Crippen LogP contribution in [-0.4, -0.2) is 13.1 Å². The van der Waals surface area contributed by atoms with Gasteiger partial charge in [-0.2, -0.15) is 0 Å². The molecule has 2 aromatic rings. The number of halogens is 2. The van der Waals surface area contributed by atoms with Crippen LogP contribution in [0.4, 0.5) is 10.1 Å². The summed E-state index contributed by atoms with van der Waals surface area (Å²) in [6, 6.07) is 9.16. The lowest BCUT2D eigenvalue weighted by Gasteiger charge is -2.11. The quantitative estimate of drug-likeness (QED) is 0.674. The first-order valence-corrected chi connectivity index (χ1v) is 6.85. The minimum atomic E-state index is -0.563. The Labute approximate surface area is 129 Å². The Morgan fingerprint density at radius 2 is 2.05 bits per heavy atom. The predicted octanol–water partition coefficient (Wildman–Crippen LogP) is 3.54. The zero-order valence-corrected chi connectivity index (χ0v) is 12.8. The molecule has 0 amide bonds. The molecule has 110 valence electrons. The van der Waals surface area contributed by atoms with Gasteiger partial charge in [-0.05, 0) is 36.4 Å². The molecule has 0 fully saturated rings. The van der Waals surface area contributed by atoms with Gasteiger partial charge in [-0.15, -0.1) is 0 Å². The number of benzene rings is 2. The van der Waals surface area contributed by atoms with Gasteiger partial charge in [-0.25, -0.2) is 9.18 Å². The molecule has 0 heterocycles. The van der Waals surface area contributed by atoms with Crippen molar-refractivity contribution in [3.63, 3.8) is 0 Å². The summed E-state index contributed by atoms with van der Waals surface area (Å²) < 4.78 is 24.6. The van der Waals surface area contributed by atoms with Gasteiger partial charge in [0.1, 0.15) is 23.7 Å². The van der Waals surface area contributed by atoms with Gasteiger partial charge in [-0.3, -0.25) is 0 Å². The topological polar surface area (TPSA) is 61.5 Å². The van der Waals surface area contributed by atoms with Crippen molar-refractivity contribution >= 4 is 27.6 Å². The molecule has 6 heteroatoms. The van der Waals surface area contributed by atoms with E-state index in [-0.39, 0.29) is 23.7 Å². The fraction of sp³-hybridized carbons (Fsp3) is 0.133. The maximum Gasteiger partial charge on any atom is 0.341 e. The number of esters is 1. The second kappa shape index (κ2) is 6.58. The fourth-order valence-corrected chi connectivity index (χ4v) is 2.16. The standard InChI is InChI=1S/C15H13BrFNO3/c1-20-15(19)12-7-11(18)3-5-14(12)21-8-9-6-10(16)2-4-13(9)17/h2-7H,8,18H2,1H3. The van der Waals surface area contributed by atoms with Crippen molar-refractivity contribution < 1.29 is 18.7 Å². The number of rotatable bonds is 4. The molecule has 21 heavy (non-hydrogen) atoms. The molecule has 0 aromatic heterocycles. The monoisotopic (exact) mass is 353 g/mol. The third-order valence-electron chi connectivity index (χ3n) is 2.80. The van der Waals surface area contributed by atoms with E-state index in [0.717, 1.165) is 4.47 Å². The van der Waals surface area contributed by atoms with Gasteiger partial charge in [0.05, 0.1) is 7.11 Å². The molecule has 0 saturated heterocycles. The molecule has 0 aliphatic carbocycles. The number of ether oxygens (including phenoxy) is 2. The molecule has 0 spiro atoms. The number of nitrogen functional groups attached to an aromatic ring is 1. The number of methoxy groups -OCH3 is 1. The van der Waals surface area contributed by atoms with Crippen LogP contribution in [0.25, 0.3) is 0 Å². The highest BCUT2D eigenvalue weighted by Gasteiger charge is 2.14. The van der Waals surface area contributed by atoms with E-state index in [2.05, 4.69) is 20.7 Å². The summed E-state index contributed by atoms with van der Waals surface area (Å²) in [7, 11) is 1.27. The first-order chi connectivity index (χ1) is 10.0. The Balaban J connectivity index is 2.24. The van der Waals surface area contributed by atoms with Gasteiger partial charge in [0.15, 0.2) is 0 Å². The van der Waals surface area contributed by atoms with Gasteiger partial charge in [-0.1, -0.05) is 15.9 Å². The summed E-state index contributed by atoms with van der Waals surface area (Å²) in [4.78, 5) is 11.7. The van der Waals surface area contributed by atoms with Crippen LogP contribution in [0.3, 0.4) is 0 Å². The van der Waals surface area contributed by atoms with Crippen LogP contribution in [-0.2, 0) is 11.3 Å². The molecular weight excluding hydrogens is 341 g/mol. The molecule has 0 radical (unpaired) electrons. The Morgan fingerprint density at radius 3 is 2.76 bits per heavy atom. The first-order valence-electron chi connectivity index (χ1n) is 6.06. The molecule has 0 bridgehead atoms. The lowest BCUT2D eigenvalue weighted by atomic mass is 10.1. The fourth-order valence-electron chi connectivity index (χ4n) is 1.75. The number of hydrogen-bond donors (Lipinski definition) is 1. The van der Waals surface area contributed by atoms with Crippen molar-refractivity contribution in [2.24, 2.45) is 0 Å². The van der Waals surface area contributed by atoms with E-state index in [1.165, 1.54) is 19.2 Å². The van der Waals surface area contributed by atoms with E-state index in [0.29, 0.717) is 11.3 Å². The van der Waals surface area contributed by atoms with E-state index in [1.807, 2.05) is 0 Å². The molecule has 2 aromatic carbocycles. The van der Waals surface area contributed by atoms with Crippen LogP contribution in [0.1, 0.15) is 15.9 Å². The number of carbonyl (C=O) groups excluding carboxylic acids is 1. The zero-order chi connectivity index (χ0) is 15.4. The second-order valence-corrected chi connectivity index (χ2v) is 5.19. The van der Waals surface area contributed by atoms with E-state index in [9.17, 15) is 9.18 Å². The molecule has 0 aliphatic heterocycles. The second-order valence-electron chi connectivity index (χ2n) is 4.27. The van der Waals surface area contributed by atoms with Crippen molar-refractivity contribution in [3.8, 4) is 5.75 Å². The van der Waals surface area contributed by atoms with Gasteiger partial charge >= 0.3 is 5.97 Å². The minimum absolute atomic E-state index is 0.0147. The third kappa shape index (κ3) is 3.72. The van der Waals surface area contributed by atoms with E-state index in [1.54, 1.807) is 24.3 Å². The minimum Gasteiger partial charge on any atom is -0.488 e. The van der Waals surface area contributed by atoms with Crippen molar-refractivity contribution in [2.75, 3.05) is 12.8 Å². The largest absolute Gasteiger partial charge is 0.488 e. The van der Waals surface area contributed by atoms with Crippen molar-refractivity contribution in [1.82, 2.24) is 0 Å². The lowest BCUT2D eigenvalue weighted by Crippen LogP contribution is -2.07. The van der Waals surface area contributed by atoms with Gasteiger partial charge in [0.2, 0.25) is 0 Å². The first kappa shape index (κ1) is 15.3. The van der Waals surface area contributed by atoms with Gasteiger partial charge < -0.3 is 15.2 Å². The molecule has 0 atom stereocenters. The molecular formula is C15H13BrFNO3. The SMILES string of the molecule is COC(=O)c1cc(N)ccc1OCc1cc(Br)ccc1F. The Hall–Kier alpha value is -2.08. The Bertz CT molecular complexity index is 676. The lowest BCUT2D eigenvalue weighted by molar-refractivity contribution is 0.0595. The number of nitrogens with two attached hydrogens (primary N) is 1. The van der Waals surface area contributed by atoms with Crippen LogP contribution in [0.5, 0.6) is 5.75 Å². The van der Waals surface area contributed by atoms with Crippen LogP contribution in [0.2, 0.25) is 0 Å². The van der Waals surface area contributed by atoms with Gasteiger partial charge in [0, 0.05) is 15.7 Å².